The van der Waals surface area contributed by atoms with Gasteiger partial charge in [0.05, 0.1) is 10.7 Å². The first-order valence-corrected chi connectivity index (χ1v) is 9.20. The molecule has 1 nitrogen and oxygen atoms in total. The molecule has 0 radical (unpaired) electrons. The molecule has 4 saturated carbocycles. The molecule has 0 atom stereocenters. The predicted octanol–water partition coefficient (Wildman–Crippen LogP) is 5.70. The molecule has 4 bridgehead atoms. The van der Waals surface area contributed by atoms with Crippen LogP contribution in [0.3, 0.4) is 0 Å². The van der Waals surface area contributed by atoms with Gasteiger partial charge >= 0.3 is 0 Å². The average Bonchev–Trinajstić information content (AvgIpc) is 2.97. The Labute approximate surface area is 142 Å². The highest BCUT2D eigenvalue weighted by Gasteiger charge is 2.52. The molecule has 116 valence electrons. The van der Waals surface area contributed by atoms with E-state index in [4.69, 9.17) is 4.98 Å². The molecule has 1 aromatic heterocycles. The summed E-state index contributed by atoms with van der Waals surface area (Å²) in [6, 6.07) is 10.7. The Bertz CT molecular complexity index is 628. The fraction of sp³-hybridized carbons (Fsp3) is 0.526. The smallest absolute Gasteiger partial charge is 0.0994 e. The summed E-state index contributed by atoms with van der Waals surface area (Å²) in [5, 5.41) is 3.73. The predicted molar refractivity (Wildman–Crippen MR) is 94.6 cm³/mol. The van der Waals surface area contributed by atoms with Gasteiger partial charge in [0.1, 0.15) is 0 Å². The highest BCUT2D eigenvalue weighted by atomic mass is 35.5. The van der Waals surface area contributed by atoms with Crippen molar-refractivity contribution < 1.29 is 0 Å². The number of rotatable bonds is 2. The molecule has 4 aliphatic rings. The number of benzene rings is 1. The van der Waals surface area contributed by atoms with Crippen LogP contribution in [-0.4, -0.2) is 4.98 Å². The topological polar surface area (TPSA) is 12.9 Å². The molecule has 0 saturated heterocycles. The molecule has 0 aliphatic heterocycles. The Morgan fingerprint density at radius 3 is 2.09 bits per heavy atom. The summed E-state index contributed by atoms with van der Waals surface area (Å²) in [6.07, 6.45) is 8.78. The Kier molecular flexibility index (Phi) is 3.58. The Hall–Kier alpha value is -0.860. The Morgan fingerprint density at radius 1 is 0.909 bits per heavy atom. The van der Waals surface area contributed by atoms with Gasteiger partial charge in [-0.1, -0.05) is 30.3 Å². The van der Waals surface area contributed by atoms with Gasteiger partial charge in [0.2, 0.25) is 0 Å². The molecule has 3 heteroatoms. The van der Waals surface area contributed by atoms with Crippen LogP contribution in [0.1, 0.15) is 43.5 Å². The number of hydrogen-bond acceptors (Lipinski definition) is 2. The van der Waals surface area contributed by atoms with Crippen LogP contribution < -0.4 is 0 Å². The molecule has 0 N–H and O–H groups in total. The van der Waals surface area contributed by atoms with E-state index in [2.05, 4.69) is 35.7 Å². The molecule has 1 heterocycles. The molecule has 22 heavy (non-hydrogen) atoms. The van der Waals surface area contributed by atoms with Gasteiger partial charge in [0, 0.05) is 16.4 Å². The third-order valence-electron chi connectivity index (χ3n) is 6.07. The fourth-order valence-electron chi connectivity index (χ4n) is 5.63. The summed E-state index contributed by atoms with van der Waals surface area (Å²) in [7, 11) is 0. The summed E-state index contributed by atoms with van der Waals surface area (Å²) in [5.41, 5.74) is 2.91. The maximum Gasteiger partial charge on any atom is 0.0994 e. The normalized spacial score (nSPS) is 35.4. The van der Waals surface area contributed by atoms with Crippen molar-refractivity contribution in [1.82, 2.24) is 4.98 Å². The monoisotopic (exact) mass is 331 g/mol. The summed E-state index contributed by atoms with van der Waals surface area (Å²) in [4.78, 5) is 5.09. The summed E-state index contributed by atoms with van der Waals surface area (Å²) in [5.74, 6) is 3.00. The van der Waals surface area contributed by atoms with E-state index < -0.39 is 0 Å². The summed E-state index contributed by atoms with van der Waals surface area (Å²) < 4.78 is 0. The lowest BCUT2D eigenvalue weighted by Gasteiger charge is -2.56. The molecule has 6 rings (SSSR count). The average molecular weight is 332 g/mol. The zero-order valence-corrected chi connectivity index (χ0v) is 14.3. The molecular formula is C19H22ClNS. The summed E-state index contributed by atoms with van der Waals surface area (Å²) >= 11 is 1.92. The second kappa shape index (κ2) is 5.35. The van der Waals surface area contributed by atoms with E-state index in [1.54, 1.807) is 0 Å². The highest BCUT2D eigenvalue weighted by molar-refractivity contribution is 7.10. The van der Waals surface area contributed by atoms with Crippen LogP contribution in [0.15, 0.2) is 35.7 Å². The quantitative estimate of drug-likeness (QED) is 0.687. The molecule has 2 aromatic rings. The van der Waals surface area contributed by atoms with Crippen molar-refractivity contribution in [3.63, 3.8) is 0 Å². The minimum absolute atomic E-state index is 0. The van der Waals surface area contributed by atoms with Gasteiger partial charge in [-0.15, -0.1) is 23.7 Å². The van der Waals surface area contributed by atoms with Crippen molar-refractivity contribution in [3.8, 4) is 11.3 Å². The largest absolute Gasteiger partial charge is 0.241 e. The maximum atomic E-state index is 5.09. The lowest BCUT2D eigenvalue weighted by molar-refractivity contribution is -0.00524. The third-order valence-corrected chi connectivity index (χ3v) is 7.15. The van der Waals surface area contributed by atoms with Crippen molar-refractivity contribution >= 4 is 23.7 Å². The lowest BCUT2D eigenvalue weighted by atomic mass is 9.50. The number of thiazole rings is 1. The van der Waals surface area contributed by atoms with Gasteiger partial charge in [-0.25, -0.2) is 4.98 Å². The molecular weight excluding hydrogens is 310 g/mol. The standard InChI is InChI=1S/C19H21NS.ClH/c1-2-4-16(5-3-1)17-12-21-18(20-17)19-9-13-6-14(10-19)8-15(7-13)11-19;/h1-5,12-15H,6-11H2;1H. The third kappa shape index (κ3) is 2.23. The van der Waals surface area contributed by atoms with Crippen LogP contribution in [-0.2, 0) is 5.41 Å². The Morgan fingerprint density at radius 2 is 1.50 bits per heavy atom. The number of hydrogen-bond donors (Lipinski definition) is 0. The molecule has 0 unspecified atom stereocenters. The highest BCUT2D eigenvalue weighted by Crippen LogP contribution is 2.61. The van der Waals surface area contributed by atoms with Crippen LogP contribution in [0.2, 0.25) is 0 Å². The second-order valence-electron chi connectivity index (χ2n) is 7.60. The van der Waals surface area contributed by atoms with E-state index >= 15 is 0 Å². The van der Waals surface area contributed by atoms with Crippen molar-refractivity contribution in [3.05, 3.63) is 40.7 Å². The van der Waals surface area contributed by atoms with E-state index in [0.717, 1.165) is 17.8 Å². The van der Waals surface area contributed by atoms with Gasteiger partial charge in [0.15, 0.2) is 0 Å². The van der Waals surface area contributed by atoms with E-state index in [9.17, 15) is 0 Å². The van der Waals surface area contributed by atoms with Gasteiger partial charge in [-0.3, -0.25) is 0 Å². The van der Waals surface area contributed by atoms with Crippen LogP contribution in [0, 0.1) is 17.8 Å². The van der Waals surface area contributed by atoms with Crippen molar-refractivity contribution in [2.75, 3.05) is 0 Å². The summed E-state index contributed by atoms with van der Waals surface area (Å²) in [6.45, 7) is 0. The fourth-order valence-corrected chi connectivity index (χ4v) is 6.69. The second-order valence-corrected chi connectivity index (χ2v) is 8.46. The number of halogens is 1. The van der Waals surface area contributed by atoms with Gasteiger partial charge in [-0.05, 0) is 56.3 Å². The molecule has 4 fully saturated rings. The van der Waals surface area contributed by atoms with Crippen molar-refractivity contribution in [2.45, 2.75) is 43.9 Å². The van der Waals surface area contributed by atoms with Crippen LogP contribution in [0.4, 0.5) is 0 Å². The molecule has 4 aliphatic carbocycles. The minimum Gasteiger partial charge on any atom is -0.241 e. The van der Waals surface area contributed by atoms with Crippen LogP contribution in [0.25, 0.3) is 11.3 Å². The molecule has 0 amide bonds. The zero-order valence-electron chi connectivity index (χ0n) is 12.7. The van der Waals surface area contributed by atoms with Crippen LogP contribution >= 0.6 is 23.7 Å². The first kappa shape index (κ1) is 14.7. The van der Waals surface area contributed by atoms with Gasteiger partial charge in [-0.2, -0.15) is 0 Å². The van der Waals surface area contributed by atoms with E-state index in [1.165, 1.54) is 54.8 Å². The molecule has 1 aromatic carbocycles. The van der Waals surface area contributed by atoms with Crippen LogP contribution in [0.5, 0.6) is 0 Å². The van der Waals surface area contributed by atoms with E-state index in [1.807, 2.05) is 11.3 Å². The zero-order chi connectivity index (χ0) is 13.9. The Balaban J connectivity index is 0.00000125. The first-order chi connectivity index (χ1) is 10.3. The number of aromatic nitrogens is 1. The van der Waals surface area contributed by atoms with Crippen molar-refractivity contribution in [2.24, 2.45) is 17.8 Å². The lowest BCUT2D eigenvalue weighted by Crippen LogP contribution is -2.48. The van der Waals surface area contributed by atoms with E-state index in [0.29, 0.717) is 5.41 Å². The van der Waals surface area contributed by atoms with E-state index in [-0.39, 0.29) is 12.4 Å². The molecule has 0 spiro atoms. The van der Waals surface area contributed by atoms with Gasteiger partial charge < -0.3 is 0 Å². The SMILES string of the molecule is Cl.c1ccc(-c2csc(C34CC5CC(CC(C5)C3)C4)n2)cc1. The first-order valence-electron chi connectivity index (χ1n) is 8.32. The number of nitrogens with zero attached hydrogens (tertiary/aromatic N) is 1. The maximum absolute atomic E-state index is 5.09. The minimum atomic E-state index is 0. The van der Waals surface area contributed by atoms with Crippen molar-refractivity contribution in [1.29, 1.82) is 0 Å². The van der Waals surface area contributed by atoms with Gasteiger partial charge in [0.25, 0.3) is 0 Å².